The molecule has 25 heavy (non-hydrogen) atoms. The number of carbonyl (C=O) groups is 1. The molecule has 3 aliphatic rings. The van der Waals surface area contributed by atoms with Gasteiger partial charge in [0, 0.05) is 49.4 Å². The number of likely N-dealkylation sites (tertiary alicyclic amines) is 2. The first-order valence-electron chi connectivity index (χ1n) is 9.58. The summed E-state index contributed by atoms with van der Waals surface area (Å²) in [7, 11) is 0. The Bertz CT molecular complexity index is 815. The fourth-order valence-electron chi connectivity index (χ4n) is 5.02. The first kappa shape index (κ1) is 15.3. The van der Waals surface area contributed by atoms with Crippen LogP contribution in [0.4, 0.5) is 0 Å². The fourth-order valence-corrected chi connectivity index (χ4v) is 5.02. The van der Waals surface area contributed by atoms with Gasteiger partial charge in [0.15, 0.2) is 0 Å². The van der Waals surface area contributed by atoms with Crippen molar-refractivity contribution in [3.05, 3.63) is 41.6 Å². The molecule has 4 nitrogen and oxygen atoms in total. The molecule has 3 heterocycles. The van der Waals surface area contributed by atoms with Gasteiger partial charge in [-0.1, -0.05) is 6.42 Å². The summed E-state index contributed by atoms with van der Waals surface area (Å²) in [4.78, 5) is 21.9. The highest BCUT2D eigenvalue weighted by atomic mass is 16.2. The summed E-state index contributed by atoms with van der Waals surface area (Å²) in [5, 5.41) is 1.08. The van der Waals surface area contributed by atoms with Crippen LogP contribution >= 0.6 is 0 Å². The van der Waals surface area contributed by atoms with Gasteiger partial charge >= 0.3 is 0 Å². The van der Waals surface area contributed by atoms with Gasteiger partial charge in [0.05, 0.1) is 5.52 Å². The predicted octanol–water partition coefficient (Wildman–Crippen LogP) is 3.10. The molecule has 1 saturated carbocycles. The Morgan fingerprint density at radius 2 is 1.84 bits per heavy atom. The normalized spacial score (nSPS) is 26.8. The van der Waals surface area contributed by atoms with E-state index in [1.165, 1.54) is 37.9 Å². The number of hydrogen-bond donors (Lipinski definition) is 0. The maximum Gasteiger partial charge on any atom is 0.253 e. The minimum atomic E-state index is 0.167. The quantitative estimate of drug-likeness (QED) is 0.846. The van der Waals surface area contributed by atoms with E-state index in [2.05, 4.69) is 16.8 Å². The molecule has 2 saturated heterocycles. The number of aromatic nitrogens is 1. The Balaban J connectivity index is 1.26. The highest BCUT2D eigenvalue weighted by Gasteiger charge is 2.43. The van der Waals surface area contributed by atoms with E-state index in [1.54, 1.807) is 0 Å². The summed E-state index contributed by atoms with van der Waals surface area (Å²) in [6.07, 6.45) is 6.08. The smallest absolute Gasteiger partial charge is 0.253 e. The summed E-state index contributed by atoms with van der Waals surface area (Å²) in [5.41, 5.74) is 2.92. The zero-order valence-electron chi connectivity index (χ0n) is 14.8. The summed E-state index contributed by atoms with van der Waals surface area (Å²) in [6.45, 7) is 6.38. The monoisotopic (exact) mass is 335 g/mol. The Hall–Kier alpha value is -1.94. The standard InChI is InChI=1S/C21H25N3O/c1-14-7-8-22-20-6-5-15(9-19(14)20)21(25)24-12-18(13-24)23-10-16-3-2-4-17(16)11-23/h5-9,16-18H,2-4,10-13H2,1H3. The van der Waals surface area contributed by atoms with Crippen LogP contribution in [0, 0.1) is 18.8 Å². The van der Waals surface area contributed by atoms with Crippen LogP contribution in [0.2, 0.25) is 0 Å². The third kappa shape index (κ3) is 2.54. The first-order chi connectivity index (χ1) is 12.2. The van der Waals surface area contributed by atoms with Gasteiger partial charge in [-0.3, -0.25) is 14.7 Å². The van der Waals surface area contributed by atoms with Gasteiger partial charge in [-0.2, -0.15) is 0 Å². The van der Waals surface area contributed by atoms with Crippen LogP contribution in [0.25, 0.3) is 10.9 Å². The molecule has 1 amide bonds. The molecule has 0 radical (unpaired) electrons. The second-order valence-electron chi connectivity index (χ2n) is 8.13. The van der Waals surface area contributed by atoms with Gasteiger partial charge in [0.25, 0.3) is 5.91 Å². The van der Waals surface area contributed by atoms with E-state index in [1.807, 2.05) is 35.4 Å². The number of amides is 1. The molecule has 1 aliphatic carbocycles. The maximum atomic E-state index is 12.8. The zero-order chi connectivity index (χ0) is 17.0. The third-order valence-corrected chi connectivity index (χ3v) is 6.63. The SMILES string of the molecule is Cc1ccnc2ccc(C(=O)N3CC(N4CC5CCCC5C4)C3)cc12. The van der Waals surface area contributed by atoms with Gasteiger partial charge in [-0.05, 0) is 61.4 Å². The summed E-state index contributed by atoms with van der Waals surface area (Å²) in [5.74, 6) is 2.03. The van der Waals surface area contributed by atoms with Crippen molar-refractivity contribution in [1.29, 1.82) is 0 Å². The third-order valence-electron chi connectivity index (χ3n) is 6.63. The molecule has 0 N–H and O–H groups in total. The van der Waals surface area contributed by atoms with E-state index in [4.69, 9.17) is 0 Å². The van der Waals surface area contributed by atoms with Crippen LogP contribution in [0.5, 0.6) is 0 Å². The first-order valence-corrected chi connectivity index (χ1v) is 9.58. The van der Waals surface area contributed by atoms with Crippen molar-refractivity contribution in [3.63, 3.8) is 0 Å². The Kier molecular flexibility index (Phi) is 3.56. The lowest BCUT2D eigenvalue weighted by molar-refractivity contribution is 0.0313. The molecule has 0 spiro atoms. The number of pyridine rings is 1. The Morgan fingerprint density at radius 1 is 1.08 bits per heavy atom. The Morgan fingerprint density at radius 3 is 2.60 bits per heavy atom. The number of nitrogens with zero attached hydrogens (tertiary/aromatic N) is 3. The minimum absolute atomic E-state index is 0.167. The minimum Gasteiger partial charge on any atom is -0.335 e. The number of benzene rings is 1. The zero-order valence-corrected chi connectivity index (χ0v) is 14.8. The predicted molar refractivity (Wildman–Crippen MR) is 98.6 cm³/mol. The van der Waals surface area contributed by atoms with Gasteiger partial charge in [-0.15, -0.1) is 0 Å². The van der Waals surface area contributed by atoms with Crippen molar-refractivity contribution in [2.45, 2.75) is 32.2 Å². The van der Waals surface area contributed by atoms with Gasteiger partial charge in [0.1, 0.15) is 0 Å². The van der Waals surface area contributed by atoms with Crippen LogP contribution < -0.4 is 0 Å². The van der Waals surface area contributed by atoms with Crippen molar-refractivity contribution >= 4 is 16.8 Å². The summed E-state index contributed by atoms with van der Waals surface area (Å²) >= 11 is 0. The van der Waals surface area contributed by atoms with E-state index in [0.29, 0.717) is 6.04 Å². The number of hydrogen-bond acceptors (Lipinski definition) is 3. The van der Waals surface area contributed by atoms with E-state index in [9.17, 15) is 4.79 Å². The van der Waals surface area contributed by atoms with Crippen LogP contribution in [0.1, 0.15) is 35.2 Å². The molecule has 0 bridgehead atoms. The average Bonchev–Trinajstić information content (AvgIpc) is 3.15. The molecule has 5 rings (SSSR count). The number of carbonyl (C=O) groups excluding carboxylic acids is 1. The van der Waals surface area contributed by atoms with Gasteiger partial charge in [-0.25, -0.2) is 0 Å². The van der Waals surface area contributed by atoms with Crippen LogP contribution in [-0.2, 0) is 0 Å². The second-order valence-corrected chi connectivity index (χ2v) is 8.13. The van der Waals surface area contributed by atoms with Crippen LogP contribution in [0.3, 0.4) is 0 Å². The van der Waals surface area contributed by atoms with E-state index >= 15 is 0 Å². The van der Waals surface area contributed by atoms with Crippen molar-refractivity contribution in [3.8, 4) is 0 Å². The molecular formula is C21H25N3O. The fraction of sp³-hybridized carbons (Fsp3) is 0.524. The van der Waals surface area contributed by atoms with Gasteiger partial charge < -0.3 is 4.90 Å². The van der Waals surface area contributed by atoms with Crippen molar-refractivity contribution in [2.24, 2.45) is 11.8 Å². The highest BCUT2D eigenvalue weighted by Crippen LogP contribution is 2.39. The topological polar surface area (TPSA) is 36.4 Å². The van der Waals surface area contributed by atoms with Gasteiger partial charge in [0.2, 0.25) is 0 Å². The van der Waals surface area contributed by atoms with Crippen molar-refractivity contribution in [1.82, 2.24) is 14.8 Å². The van der Waals surface area contributed by atoms with Crippen LogP contribution in [-0.4, -0.2) is 52.9 Å². The van der Waals surface area contributed by atoms with Crippen molar-refractivity contribution < 1.29 is 4.79 Å². The lowest BCUT2D eigenvalue weighted by Gasteiger charge is -2.44. The average molecular weight is 335 g/mol. The molecule has 4 heteroatoms. The molecule has 1 aromatic carbocycles. The molecule has 2 aromatic rings. The molecule has 3 fully saturated rings. The number of fused-ring (bicyclic) bond motifs is 2. The molecule has 1 aromatic heterocycles. The highest BCUT2D eigenvalue weighted by molar-refractivity contribution is 5.99. The van der Waals surface area contributed by atoms with E-state index in [0.717, 1.165) is 41.4 Å². The summed E-state index contributed by atoms with van der Waals surface area (Å²) < 4.78 is 0. The molecule has 130 valence electrons. The largest absolute Gasteiger partial charge is 0.335 e. The number of aryl methyl sites for hydroxylation is 1. The van der Waals surface area contributed by atoms with Crippen LogP contribution in [0.15, 0.2) is 30.5 Å². The Labute approximate surface area is 148 Å². The lowest BCUT2D eigenvalue weighted by Crippen LogP contribution is -2.60. The molecule has 2 unspecified atom stereocenters. The number of rotatable bonds is 2. The molecule has 2 aliphatic heterocycles. The second kappa shape index (κ2) is 5.80. The van der Waals surface area contributed by atoms with E-state index in [-0.39, 0.29) is 5.91 Å². The summed E-state index contributed by atoms with van der Waals surface area (Å²) in [6, 6.07) is 8.48. The molecular weight excluding hydrogens is 310 g/mol. The van der Waals surface area contributed by atoms with Crippen molar-refractivity contribution in [2.75, 3.05) is 26.2 Å². The lowest BCUT2D eigenvalue weighted by atomic mass is 10.0. The molecule has 2 atom stereocenters. The van der Waals surface area contributed by atoms with E-state index < -0.39 is 0 Å². The maximum absolute atomic E-state index is 12.8.